The van der Waals surface area contributed by atoms with Crippen molar-refractivity contribution >= 4 is 11.8 Å². The third-order valence-electron chi connectivity index (χ3n) is 3.91. The van der Waals surface area contributed by atoms with Crippen molar-refractivity contribution in [2.24, 2.45) is 0 Å². The van der Waals surface area contributed by atoms with Crippen molar-refractivity contribution in [3.63, 3.8) is 0 Å². The third-order valence-corrected chi connectivity index (χ3v) is 4.87. The maximum atomic E-state index is 4.65. The zero-order valence-corrected chi connectivity index (χ0v) is 14.0. The van der Waals surface area contributed by atoms with Crippen molar-refractivity contribution in [3.8, 4) is 0 Å². The summed E-state index contributed by atoms with van der Waals surface area (Å²) in [6, 6.07) is 5.10. The molecule has 0 amide bonds. The normalized spacial score (nSPS) is 20.5. The first-order valence-corrected chi connectivity index (χ1v) is 8.95. The van der Waals surface area contributed by atoms with Crippen LogP contribution in [0, 0.1) is 0 Å². The van der Waals surface area contributed by atoms with Gasteiger partial charge in [0.15, 0.2) is 0 Å². The molecule has 0 saturated carbocycles. The topological polar surface area (TPSA) is 16.1 Å². The minimum absolute atomic E-state index is 0.598. The number of nitrogens with zero attached hydrogens (tertiary/aromatic N) is 2. The molecule has 1 aromatic rings. The molecule has 1 aromatic heterocycles. The summed E-state index contributed by atoms with van der Waals surface area (Å²) in [5, 5.41) is 1.75. The lowest BCUT2D eigenvalue weighted by molar-refractivity contribution is 0.146. The maximum absolute atomic E-state index is 4.65. The van der Waals surface area contributed by atoms with Gasteiger partial charge >= 0.3 is 0 Å². The van der Waals surface area contributed by atoms with Crippen molar-refractivity contribution in [3.05, 3.63) is 23.9 Å². The van der Waals surface area contributed by atoms with Gasteiger partial charge in [-0.05, 0) is 44.0 Å². The minimum atomic E-state index is 0.598. The van der Waals surface area contributed by atoms with E-state index >= 15 is 0 Å². The van der Waals surface area contributed by atoms with Gasteiger partial charge in [-0.1, -0.05) is 39.7 Å². The van der Waals surface area contributed by atoms with Crippen LogP contribution in [0.1, 0.15) is 64.5 Å². The molecule has 0 bridgehead atoms. The van der Waals surface area contributed by atoms with Gasteiger partial charge in [0, 0.05) is 17.5 Å². The largest absolute Gasteiger partial charge is 0.296 e. The van der Waals surface area contributed by atoms with Gasteiger partial charge in [-0.15, -0.1) is 11.8 Å². The molecule has 0 radical (unpaired) electrons. The molecule has 20 heavy (non-hydrogen) atoms. The molecule has 1 saturated heterocycles. The third kappa shape index (κ3) is 4.49. The van der Waals surface area contributed by atoms with E-state index in [1.54, 1.807) is 0 Å². The molecule has 3 heteroatoms. The summed E-state index contributed by atoms with van der Waals surface area (Å²) >= 11 is 1.84. The van der Waals surface area contributed by atoms with Crippen LogP contribution in [0.4, 0.5) is 0 Å². The Kier molecular flexibility index (Phi) is 6.37. The Morgan fingerprint density at radius 2 is 2.20 bits per heavy atom. The van der Waals surface area contributed by atoms with Gasteiger partial charge in [-0.3, -0.25) is 4.90 Å². The number of unbranched alkanes of at least 4 members (excludes halogenated alkanes) is 1. The molecule has 0 spiro atoms. The Morgan fingerprint density at radius 3 is 2.85 bits per heavy atom. The first kappa shape index (κ1) is 15.8. The molecular formula is C17H28N2S. The Bertz CT molecular complexity index is 388. The van der Waals surface area contributed by atoms with Crippen LogP contribution in [0.3, 0.4) is 0 Å². The highest BCUT2D eigenvalue weighted by atomic mass is 32.2. The second-order valence-electron chi connectivity index (χ2n) is 6.00. The lowest BCUT2D eigenvalue weighted by Gasteiger charge is -2.36. The fourth-order valence-corrected chi connectivity index (χ4v) is 3.64. The van der Waals surface area contributed by atoms with Gasteiger partial charge in [0.05, 0.1) is 5.03 Å². The van der Waals surface area contributed by atoms with Crippen LogP contribution in [0.5, 0.6) is 0 Å². The molecule has 1 aliphatic heterocycles. The van der Waals surface area contributed by atoms with Crippen LogP contribution >= 0.6 is 11.8 Å². The maximum Gasteiger partial charge on any atom is 0.0962 e. The first-order valence-electron chi connectivity index (χ1n) is 8.07. The van der Waals surface area contributed by atoms with Crippen molar-refractivity contribution in [1.29, 1.82) is 0 Å². The Hall–Kier alpha value is -0.540. The fraction of sp³-hybridized carbons (Fsp3) is 0.706. The molecular weight excluding hydrogens is 264 g/mol. The monoisotopic (exact) mass is 292 g/mol. The molecule has 0 aliphatic carbocycles. The fourth-order valence-electron chi connectivity index (χ4n) is 2.90. The highest BCUT2D eigenvalue weighted by Gasteiger charge is 2.23. The number of rotatable bonds is 6. The number of aromatic nitrogens is 1. The highest BCUT2D eigenvalue weighted by Crippen LogP contribution is 2.31. The van der Waals surface area contributed by atoms with Gasteiger partial charge in [0.1, 0.15) is 0 Å². The van der Waals surface area contributed by atoms with E-state index in [4.69, 9.17) is 0 Å². The number of piperidine rings is 1. The molecule has 2 nitrogen and oxygen atoms in total. The molecule has 112 valence electrons. The van der Waals surface area contributed by atoms with Crippen molar-refractivity contribution in [2.45, 2.75) is 69.2 Å². The van der Waals surface area contributed by atoms with Crippen LogP contribution in [0.15, 0.2) is 23.4 Å². The molecule has 1 fully saturated rings. The van der Waals surface area contributed by atoms with E-state index in [1.807, 2.05) is 11.8 Å². The molecule has 0 N–H and O–H groups in total. The lowest BCUT2D eigenvalue weighted by atomic mass is 9.96. The highest BCUT2D eigenvalue weighted by molar-refractivity contribution is 7.99. The average molecular weight is 292 g/mol. The Labute approximate surface area is 128 Å². The standard InChI is InChI=1S/C17H28N2S/c1-4-5-11-19-12-7-6-8-16(19)15-9-10-17(18-13-15)20-14(2)3/h9-10,13-14,16H,4-8,11-12H2,1-3H3/t16-/m1/s1. The molecule has 1 atom stereocenters. The van der Waals surface area contributed by atoms with E-state index in [0.717, 1.165) is 5.03 Å². The second-order valence-corrected chi connectivity index (χ2v) is 7.59. The summed E-state index contributed by atoms with van der Waals surface area (Å²) in [6.45, 7) is 9.21. The Balaban J connectivity index is 2.03. The first-order chi connectivity index (χ1) is 9.70. The number of hydrogen-bond acceptors (Lipinski definition) is 3. The van der Waals surface area contributed by atoms with Gasteiger partial charge in [0.25, 0.3) is 0 Å². The molecule has 2 heterocycles. The number of likely N-dealkylation sites (tertiary alicyclic amines) is 1. The molecule has 0 unspecified atom stereocenters. The summed E-state index contributed by atoms with van der Waals surface area (Å²) in [4.78, 5) is 7.31. The average Bonchev–Trinajstić information content (AvgIpc) is 2.46. The van der Waals surface area contributed by atoms with Gasteiger partial charge in [-0.2, -0.15) is 0 Å². The number of thioether (sulfide) groups is 1. The van der Waals surface area contributed by atoms with E-state index in [1.165, 1.54) is 50.8 Å². The van der Waals surface area contributed by atoms with Gasteiger partial charge in [-0.25, -0.2) is 4.98 Å². The zero-order chi connectivity index (χ0) is 14.4. The van der Waals surface area contributed by atoms with Crippen LogP contribution in [-0.2, 0) is 0 Å². The van der Waals surface area contributed by atoms with E-state index in [0.29, 0.717) is 11.3 Å². The smallest absolute Gasteiger partial charge is 0.0962 e. The summed E-state index contributed by atoms with van der Waals surface area (Å²) in [6.07, 6.45) is 8.71. The lowest BCUT2D eigenvalue weighted by Crippen LogP contribution is -2.34. The van der Waals surface area contributed by atoms with Crippen molar-refractivity contribution < 1.29 is 0 Å². The molecule has 0 aromatic carbocycles. The van der Waals surface area contributed by atoms with Crippen LogP contribution < -0.4 is 0 Å². The number of pyridine rings is 1. The number of hydrogen-bond donors (Lipinski definition) is 0. The van der Waals surface area contributed by atoms with E-state index in [2.05, 4.69) is 49.0 Å². The van der Waals surface area contributed by atoms with Crippen LogP contribution in [-0.4, -0.2) is 28.2 Å². The summed E-state index contributed by atoms with van der Waals surface area (Å²) in [5.74, 6) is 0. The Morgan fingerprint density at radius 1 is 1.35 bits per heavy atom. The van der Waals surface area contributed by atoms with Crippen LogP contribution in [0.2, 0.25) is 0 Å². The quantitative estimate of drug-likeness (QED) is 0.693. The summed E-state index contributed by atoms with van der Waals surface area (Å²) in [5.41, 5.74) is 1.41. The predicted molar refractivity (Wildman–Crippen MR) is 88.3 cm³/mol. The predicted octanol–water partition coefficient (Wildman–Crippen LogP) is 4.91. The van der Waals surface area contributed by atoms with Crippen LogP contribution in [0.25, 0.3) is 0 Å². The second kappa shape index (κ2) is 8.04. The van der Waals surface area contributed by atoms with Gasteiger partial charge in [0.2, 0.25) is 0 Å². The minimum Gasteiger partial charge on any atom is -0.296 e. The van der Waals surface area contributed by atoms with Crippen molar-refractivity contribution in [1.82, 2.24) is 9.88 Å². The van der Waals surface area contributed by atoms with E-state index in [-0.39, 0.29) is 0 Å². The van der Waals surface area contributed by atoms with E-state index < -0.39 is 0 Å². The van der Waals surface area contributed by atoms with E-state index in [9.17, 15) is 0 Å². The molecule has 1 aliphatic rings. The summed E-state index contributed by atoms with van der Waals surface area (Å²) < 4.78 is 0. The zero-order valence-electron chi connectivity index (χ0n) is 13.1. The van der Waals surface area contributed by atoms with Gasteiger partial charge < -0.3 is 0 Å². The van der Waals surface area contributed by atoms with Crippen molar-refractivity contribution in [2.75, 3.05) is 13.1 Å². The SMILES string of the molecule is CCCCN1CCCC[C@@H]1c1ccc(SC(C)C)nc1. The molecule has 2 rings (SSSR count). The summed E-state index contributed by atoms with van der Waals surface area (Å²) in [7, 11) is 0.